The van der Waals surface area contributed by atoms with Crippen LogP contribution < -0.4 is 4.74 Å². The van der Waals surface area contributed by atoms with Crippen molar-refractivity contribution in [1.29, 1.82) is 0 Å². The van der Waals surface area contributed by atoms with E-state index in [0.717, 1.165) is 12.3 Å². The topological polar surface area (TPSA) is 52.6 Å². The van der Waals surface area contributed by atoms with E-state index in [-0.39, 0.29) is 24.3 Å². The van der Waals surface area contributed by atoms with Crippen LogP contribution in [0, 0.1) is 0 Å². The monoisotopic (exact) mass is 284 g/mol. The molecule has 0 radical (unpaired) electrons. The largest absolute Gasteiger partial charge is 0.573 e. The first kappa shape index (κ1) is 14.8. The number of rotatable bonds is 5. The molecule has 18 heavy (non-hydrogen) atoms. The summed E-state index contributed by atoms with van der Waals surface area (Å²) in [7, 11) is -3.61. The Bertz CT molecular complexity index is 496. The fourth-order valence-corrected chi connectivity index (χ4v) is 1.62. The lowest BCUT2D eigenvalue weighted by atomic mass is 10.1. The van der Waals surface area contributed by atoms with Gasteiger partial charge in [0.2, 0.25) is 0 Å². The van der Waals surface area contributed by atoms with E-state index in [0.29, 0.717) is 0 Å². The molecule has 0 aliphatic rings. The Hall–Kier alpha value is -1.28. The fourth-order valence-electron chi connectivity index (χ4n) is 1.24. The van der Waals surface area contributed by atoms with Crippen molar-refractivity contribution in [2.24, 2.45) is 0 Å². The third-order valence-electron chi connectivity index (χ3n) is 1.87. The summed E-state index contributed by atoms with van der Waals surface area (Å²) in [5, 5.41) is 0. The van der Waals surface area contributed by atoms with Gasteiger partial charge < -0.3 is 4.74 Å². The molecular formula is C10H11F3O4S. The highest BCUT2D eigenvalue weighted by molar-refractivity contribution is 7.85. The molecule has 0 unspecified atom stereocenters. The molecule has 0 amide bonds. The summed E-state index contributed by atoms with van der Waals surface area (Å²) in [6.45, 7) is -0.239. The van der Waals surface area contributed by atoms with Gasteiger partial charge in [-0.05, 0) is 11.6 Å². The van der Waals surface area contributed by atoms with Crippen molar-refractivity contribution in [3.63, 3.8) is 0 Å². The number of para-hydroxylation sites is 1. The zero-order chi connectivity index (χ0) is 13.8. The standard InChI is InChI=1S/C10H11F3O4S/c1-18(14,15)16-7-6-8-4-2-3-5-9(8)17-10(11,12)13/h2-5H,6-7H2,1H3. The van der Waals surface area contributed by atoms with Crippen molar-refractivity contribution < 1.29 is 30.5 Å². The number of hydrogen-bond donors (Lipinski definition) is 0. The Balaban J connectivity index is 2.71. The third-order valence-corrected chi connectivity index (χ3v) is 2.46. The number of alkyl halides is 3. The zero-order valence-corrected chi connectivity index (χ0v) is 10.2. The molecule has 0 fully saturated rings. The van der Waals surface area contributed by atoms with Crippen LogP contribution in [-0.2, 0) is 20.7 Å². The zero-order valence-electron chi connectivity index (χ0n) is 9.40. The van der Waals surface area contributed by atoms with Crippen LogP contribution in [0.4, 0.5) is 13.2 Å². The SMILES string of the molecule is CS(=O)(=O)OCCc1ccccc1OC(F)(F)F. The number of ether oxygens (including phenoxy) is 1. The minimum absolute atomic E-state index is 0.000671. The molecule has 0 heterocycles. The second-order valence-corrected chi connectivity index (χ2v) is 5.08. The Labute approximate surface area is 102 Å². The van der Waals surface area contributed by atoms with Crippen molar-refractivity contribution in [3.05, 3.63) is 29.8 Å². The summed E-state index contributed by atoms with van der Waals surface area (Å²) in [4.78, 5) is 0. The van der Waals surface area contributed by atoms with Crippen molar-refractivity contribution in [2.75, 3.05) is 12.9 Å². The van der Waals surface area contributed by atoms with Crippen molar-refractivity contribution in [2.45, 2.75) is 12.8 Å². The molecule has 0 atom stereocenters. The lowest BCUT2D eigenvalue weighted by Gasteiger charge is -2.12. The molecule has 0 saturated carbocycles. The van der Waals surface area contributed by atoms with Crippen LogP contribution >= 0.6 is 0 Å². The predicted molar refractivity (Wildman–Crippen MR) is 57.6 cm³/mol. The van der Waals surface area contributed by atoms with Gasteiger partial charge in [0.1, 0.15) is 5.75 Å². The molecule has 0 saturated heterocycles. The van der Waals surface area contributed by atoms with Crippen LogP contribution in [0.2, 0.25) is 0 Å². The first-order valence-electron chi connectivity index (χ1n) is 4.85. The molecule has 0 bridgehead atoms. The average molecular weight is 284 g/mol. The van der Waals surface area contributed by atoms with Crippen molar-refractivity contribution in [1.82, 2.24) is 0 Å². The van der Waals surface area contributed by atoms with Gasteiger partial charge in [-0.2, -0.15) is 8.42 Å². The summed E-state index contributed by atoms with van der Waals surface area (Å²) in [5.74, 6) is -0.359. The van der Waals surface area contributed by atoms with Crippen LogP contribution in [0.5, 0.6) is 5.75 Å². The maximum atomic E-state index is 12.1. The first-order valence-corrected chi connectivity index (χ1v) is 6.67. The Morgan fingerprint density at radius 2 is 1.83 bits per heavy atom. The second kappa shape index (κ2) is 5.57. The molecular weight excluding hydrogens is 273 g/mol. The minimum Gasteiger partial charge on any atom is -0.406 e. The molecule has 1 aromatic rings. The average Bonchev–Trinajstić information content (AvgIpc) is 2.16. The van der Waals surface area contributed by atoms with Gasteiger partial charge in [-0.15, -0.1) is 13.2 Å². The first-order chi connectivity index (χ1) is 8.17. The Morgan fingerprint density at radius 1 is 1.22 bits per heavy atom. The van der Waals surface area contributed by atoms with Crippen LogP contribution in [0.25, 0.3) is 0 Å². The third kappa shape index (κ3) is 5.87. The second-order valence-electron chi connectivity index (χ2n) is 3.43. The van der Waals surface area contributed by atoms with Gasteiger partial charge in [0.05, 0.1) is 12.9 Å². The molecule has 1 rings (SSSR count). The van der Waals surface area contributed by atoms with Gasteiger partial charge in [-0.1, -0.05) is 18.2 Å². The lowest BCUT2D eigenvalue weighted by Crippen LogP contribution is -2.18. The smallest absolute Gasteiger partial charge is 0.406 e. The van der Waals surface area contributed by atoms with Crippen LogP contribution in [0.15, 0.2) is 24.3 Å². The highest BCUT2D eigenvalue weighted by Crippen LogP contribution is 2.26. The van der Waals surface area contributed by atoms with Gasteiger partial charge >= 0.3 is 6.36 Å². The lowest BCUT2D eigenvalue weighted by molar-refractivity contribution is -0.274. The van der Waals surface area contributed by atoms with E-state index in [2.05, 4.69) is 8.92 Å². The van der Waals surface area contributed by atoms with Crippen LogP contribution in [0.3, 0.4) is 0 Å². The molecule has 4 nitrogen and oxygen atoms in total. The number of halogens is 3. The van der Waals surface area contributed by atoms with Gasteiger partial charge in [0, 0.05) is 6.42 Å². The molecule has 0 spiro atoms. The molecule has 0 aromatic heterocycles. The van der Waals surface area contributed by atoms with E-state index >= 15 is 0 Å². The maximum Gasteiger partial charge on any atom is 0.573 e. The van der Waals surface area contributed by atoms with E-state index in [4.69, 9.17) is 0 Å². The van der Waals surface area contributed by atoms with Gasteiger partial charge in [-0.3, -0.25) is 4.18 Å². The molecule has 0 aliphatic heterocycles. The van der Waals surface area contributed by atoms with Crippen molar-refractivity contribution in [3.8, 4) is 5.75 Å². The van der Waals surface area contributed by atoms with Crippen LogP contribution in [0.1, 0.15) is 5.56 Å². The maximum absolute atomic E-state index is 12.1. The summed E-state index contributed by atoms with van der Waals surface area (Å²) >= 11 is 0. The Morgan fingerprint density at radius 3 is 2.39 bits per heavy atom. The Kier molecular flexibility index (Phi) is 4.58. The minimum atomic E-state index is -4.78. The summed E-state index contributed by atoms with van der Waals surface area (Å²) < 4.78 is 65.9. The number of benzene rings is 1. The highest BCUT2D eigenvalue weighted by atomic mass is 32.2. The molecule has 1 aromatic carbocycles. The predicted octanol–water partition coefficient (Wildman–Crippen LogP) is 2.10. The van der Waals surface area contributed by atoms with Gasteiger partial charge in [0.25, 0.3) is 10.1 Å². The van der Waals surface area contributed by atoms with Gasteiger partial charge in [-0.25, -0.2) is 0 Å². The number of hydrogen-bond acceptors (Lipinski definition) is 4. The van der Waals surface area contributed by atoms with E-state index in [9.17, 15) is 21.6 Å². The normalized spacial score (nSPS) is 12.4. The van der Waals surface area contributed by atoms with Crippen molar-refractivity contribution >= 4 is 10.1 Å². The summed E-state index contributed by atoms with van der Waals surface area (Å²) in [6, 6.07) is 5.48. The summed E-state index contributed by atoms with van der Waals surface area (Å²) in [6.07, 6.45) is -3.92. The van der Waals surface area contributed by atoms with E-state index in [1.165, 1.54) is 18.2 Å². The van der Waals surface area contributed by atoms with E-state index in [1.807, 2.05) is 0 Å². The van der Waals surface area contributed by atoms with E-state index in [1.54, 1.807) is 0 Å². The van der Waals surface area contributed by atoms with Crippen LogP contribution in [-0.4, -0.2) is 27.6 Å². The quantitative estimate of drug-likeness (QED) is 0.777. The highest BCUT2D eigenvalue weighted by Gasteiger charge is 2.31. The molecule has 0 aliphatic carbocycles. The summed E-state index contributed by atoms with van der Waals surface area (Å²) in [5.41, 5.74) is 0.221. The van der Waals surface area contributed by atoms with E-state index < -0.39 is 16.5 Å². The van der Waals surface area contributed by atoms with Gasteiger partial charge in [0.15, 0.2) is 0 Å². The molecule has 102 valence electrons. The fraction of sp³-hybridized carbons (Fsp3) is 0.400. The molecule has 8 heteroatoms. The molecule has 0 N–H and O–H groups in total.